The normalized spacial score (nSPS) is 10.4. The van der Waals surface area contributed by atoms with Gasteiger partial charge < -0.3 is 16.2 Å². The molecule has 0 aliphatic rings. The largest absolute Gasteiger partial charge is 0.481 e. The van der Waals surface area contributed by atoms with Crippen LogP contribution in [-0.4, -0.2) is 28.5 Å². The predicted octanol–water partition coefficient (Wildman–Crippen LogP) is 1.08. The number of carbonyl (C=O) groups excluding carboxylic acids is 1. The average Bonchev–Trinajstić information content (AvgIpc) is 2.67. The number of hydrogen-bond donors (Lipinski definition) is 3. The Hall–Kier alpha value is -2.15. The Balaban J connectivity index is 2.10. The summed E-state index contributed by atoms with van der Waals surface area (Å²) in [7, 11) is 0. The summed E-state index contributed by atoms with van der Waals surface area (Å²) in [5.74, 6) is -1.24. The molecule has 0 aliphatic heterocycles. The molecule has 6 nitrogen and oxygen atoms in total. The molecular formula is C11H11N3O3S. The summed E-state index contributed by atoms with van der Waals surface area (Å²) in [6.07, 6.45) is -0.0957. The fourth-order valence-corrected chi connectivity index (χ4v) is 2.24. The van der Waals surface area contributed by atoms with Crippen LogP contribution in [0.4, 0.5) is 5.13 Å². The number of nitrogens with two attached hydrogens (primary N) is 1. The smallest absolute Gasteiger partial charge is 0.305 e. The van der Waals surface area contributed by atoms with Crippen LogP contribution in [0.5, 0.6) is 0 Å². The Labute approximate surface area is 106 Å². The SMILES string of the molecule is Nc1nc2ccc(C(=O)NCCC(=O)O)cc2s1. The van der Waals surface area contributed by atoms with E-state index in [1.54, 1.807) is 18.2 Å². The highest BCUT2D eigenvalue weighted by molar-refractivity contribution is 7.22. The van der Waals surface area contributed by atoms with Crippen LogP contribution in [0.1, 0.15) is 16.8 Å². The zero-order valence-corrected chi connectivity index (χ0v) is 10.2. The Morgan fingerprint density at radius 2 is 2.22 bits per heavy atom. The van der Waals surface area contributed by atoms with Gasteiger partial charge in [-0.3, -0.25) is 9.59 Å². The van der Waals surface area contributed by atoms with Crippen molar-refractivity contribution in [3.63, 3.8) is 0 Å². The fraction of sp³-hybridized carbons (Fsp3) is 0.182. The van der Waals surface area contributed by atoms with Crippen LogP contribution in [0.3, 0.4) is 0 Å². The number of nitrogen functional groups attached to an aromatic ring is 1. The number of nitrogens with zero attached hydrogens (tertiary/aromatic N) is 1. The molecule has 0 unspecified atom stereocenters. The Morgan fingerprint density at radius 1 is 1.44 bits per heavy atom. The van der Waals surface area contributed by atoms with Gasteiger partial charge in [0.2, 0.25) is 0 Å². The third kappa shape index (κ3) is 2.75. The molecule has 0 bridgehead atoms. The van der Waals surface area contributed by atoms with E-state index >= 15 is 0 Å². The van der Waals surface area contributed by atoms with Crippen LogP contribution in [0.2, 0.25) is 0 Å². The molecule has 0 atom stereocenters. The number of carboxylic acids is 1. The zero-order chi connectivity index (χ0) is 13.1. The average molecular weight is 265 g/mol. The lowest BCUT2D eigenvalue weighted by atomic mass is 10.2. The van der Waals surface area contributed by atoms with Crippen LogP contribution in [0.25, 0.3) is 10.2 Å². The molecule has 2 aromatic rings. The Kier molecular flexibility index (Phi) is 3.42. The van der Waals surface area contributed by atoms with E-state index in [0.29, 0.717) is 10.7 Å². The number of thiazole rings is 1. The topological polar surface area (TPSA) is 105 Å². The van der Waals surface area contributed by atoms with E-state index in [-0.39, 0.29) is 18.9 Å². The minimum atomic E-state index is -0.944. The van der Waals surface area contributed by atoms with Crippen molar-refractivity contribution in [2.24, 2.45) is 0 Å². The molecule has 7 heteroatoms. The second kappa shape index (κ2) is 5.01. The molecule has 1 heterocycles. The molecule has 0 fully saturated rings. The summed E-state index contributed by atoms with van der Waals surface area (Å²) in [6.45, 7) is 0.108. The van der Waals surface area contributed by atoms with Gasteiger partial charge in [0.25, 0.3) is 5.91 Å². The summed E-state index contributed by atoms with van der Waals surface area (Å²) < 4.78 is 0.832. The maximum atomic E-state index is 11.7. The third-order valence-corrected chi connectivity index (χ3v) is 3.14. The first-order chi connectivity index (χ1) is 8.56. The molecule has 18 heavy (non-hydrogen) atoms. The lowest BCUT2D eigenvalue weighted by Gasteiger charge is -2.03. The van der Waals surface area contributed by atoms with Crippen LogP contribution in [-0.2, 0) is 4.79 Å². The van der Waals surface area contributed by atoms with E-state index in [9.17, 15) is 9.59 Å². The van der Waals surface area contributed by atoms with Crippen molar-refractivity contribution in [2.75, 3.05) is 12.3 Å². The van der Waals surface area contributed by atoms with E-state index in [0.717, 1.165) is 10.2 Å². The van der Waals surface area contributed by atoms with Gasteiger partial charge in [0.1, 0.15) is 0 Å². The molecule has 0 saturated carbocycles. The predicted molar refractivity (Wildman–Crippen MR) is 68.6 cm³/mol. The second-order valence-corrected chi connectivity index (χ2v) is 4.70. The van der Waals surface area contributed by atoms with Gasteiger partial charge >= 0.3 is 5.97 Å². The fourth-order valence-electron chi connectivity index (χ4n) is 1.47. The van der Waals surface area contributed by atoms with Gasteiger partial charge in [-0.1, -0.05) is 11.3 Å². The molecular weight excluding hydrogens is 254 g/mol. The first-order valence-corrected chi connectivity index (χ1v) is 6.04. The number of nitrogens with one attached hydrogen (secondary N) is 1. The van der Waals surface area contributed by atoms with Crippen LogP contribution in [0.15, 0.2) is 18.2 Å². The quantitative estimate of drug-likeness (QED) is 0.767. The molecule has 1 amide bonds. The van der Waals surface area contributed by atoms with Crippen LogP contribution in [0, 0.1) is 0 Å². The number of carboxylic acid groups (broad SMARTS) is 1. The standard InChI is InChI=1S/C11H11N3O3S/c12-11-14-7-2-1-6(5-8(7)18-11)10(17)13-4-3-9(15)16/h1-2,5H,3-4H2,(H2,12,14)(H,13,17)(H,15,16). The van der Waals surface area contributed by atoms with Gasteiger partial charge in [0.15, 0.2) is 5.13 Å². The molecule has 1 aromatic carbocycles. The number of hydrogen-bond acceptors (Lipinski definition) is 5. The van der Waals surface area contributed by atoms with Crippen LogP contribution >= 0.6 is 11.3 Å². The highest BCUT2D eigenvalue weighted by Crippen LogP contribution is 2.24. The lowest BCUT2D eigenvalue weighted by molar-refractivity contribution is -0.136. The summed E-state index contributed by atoms with van der Waals surface area (Å²) in [4.78, 5) is 26.1. The van der Waals surface area contributed by atoms with E-state index in [1.165, 1.54) is 11.3 Å². The van der Waals surface area contributed by atoms with Crippen molar-refractivity contribution in [1.29, 1.82) is 0 Å². The first-order valence-electron chi connectivity index (χ1n) is 5.22. The Bertz CT molecular complexity index is 609. The van der Waals surface area contributed by atoms with Crippen molar-refractivity contribution >= 4 is 38.6 Å². The van der Waals surface area contributed by atoms with Gasteiger partial charge in [-0.25, -0.2) is 4.98 Å². The van der Waals surface area contributed by atoms with Crippen molar-refractivity contribution in [3.05, 3.63) is 23.8 Å². The van der Waals surface area contributed by atoms with Gasteiger partial charge in [-0.15, -0.1) is 0 Å². The molecule has 0 aliphatic carbocycles. The Morgan fingerprint density at radius 3 is 2.94 bits per heavy atom. The van der Waals surface area contributed by atoms with E-state index in [1.807, 2.05) is 0 Å². The second-order valence-electron chi connectivity index (χ2n) is 3.63. The minimum Gasteiger partial charge on any atom is -0.481 e. The minimum absolute atomic E-state index is 0.0957. The van der Waals surface area contributed by atoms with Crippen molar-refractivity contribution in [2.45, 2.75) is 6.42 Å². The van der Waals surface area contributed by atoms with Crippen molar-refractivity contribution in [1.82, 2.24) is 10.3 Å². The summed E-state index contributed by atoms with van der Waals surface area (Å²) >= 11 is 1.30. The molecule has 94 valence electrons. The van der Waals surface area contributed by atoms with E-state index in [2.05, 4.69) is 10.3 Å². The maximum Gasteiger partial charge on any atom is 0.305 e. The number of aliphatic carboxylic acids is 1. The molecule has 0 radical (unpaired) electrons. The van der Waals surface area contributed by atoms with Gasteiger partial charge in [0, 0.05) is 12.1 Å². The van der Waals surface area contributed by atoms with Crippen molar-refractivity contribution < 1.29 is 14.7 Å². The molecule has 0 spiro atoms. The van der Waals surface area contributed by atoms with E-state index in [4.69, 9.17) is 10.8 Å². The number of rotatable bonds is 4. The number of carbonyl (C=O) groups is 2. The first kappa shape index (κ1) is 12.3. The summed E-state index contributed by atoms with van der Waals surface area (Å²) in [6, 6.07) is 5.05. The van der Waals surface area contributed by atoms with Gasteiger partial charge in [0.05, 0.1) is 16.6 Å². The number of fused-ring (bicyclic) bond motifs is 1. The lowest BCUT2D eigenvalue weighted by Crippen LogP contribution is -2.25. The van der Waals surface area contributed by atoms with Crippen LogP contribution < -0.4 is 11.1 Å². The third-order valence-electron chi connectivity index (χ3n) is 2.29. The number of amides is 1. The zero-order valence-electron chi connectivity index (χ0n) is 9.34. The molecule has 1 aromatic heterocycles. The van der Waals surface area contributed by atoms with Gasteiger partial charge in [-0.2, -0.15) is 0 Å². The van der Waals surface area contributed by atoms with Gasteiger partial charge in [-0.05, 0) is 18.2 Å². The molecule has 0 saturated heterocycles. The summed E-state index contributed by atoms with van der Waals surface area (Å²) in [5.41, 5.74) is 6.79. The highest BCUT2D eigenvalue weighted by Gasteiger charge is 2.08. The monoisotopic (exact) mass is 265 g/mol. The molecule has 2 rings (SSSR count). The number of anilines is 1. The number of aromatic nitrogens is 1. The van der Waals surface area contributed by atoms with E-state index < -0.39 is 5.97 Å². The highest BCUT2D eigenvalue weighted by atomic mass is 32.1. The maximum absolute atomic E-state index is 11.7. The van der Waals surface area contributed by atoms with Crippen molar-refractivity contribution in [3.8, 4) is 0 Å². The molecule has 4 N–H and O–H groups in total. The summed E-state index contributed by atoms with van der Waals surface area (Å²) in [5, 5.41) is 11.5. The number of benzene rings is 1.